The van der Waals surface area contributed by atoms with Crippen LogP contribution in [0.3, 0.4) is 0 Å². The van der Waals surface area contributed by atoms with E-state index >= 15 is 0 Å². The largest absolute Gasteiger partial charge is 0.390 e. The van der Waals surface area contributed by atoms with Gasteiger partial charge < -0.3 is 5.11 Å². The van der Waals surface area contributed by atoms with Crippen molar-refractivity contribution in [3.8, 4) is 0 Å². The van der Waals surface area contributed by atoms with Crippen molar-refractivity contribution in [1.29, 1.82) is 0 Å². The first-order valence-corrected chi connectivity index (χ1v) is 6.98. The highest BCUT2D eigenvalue weighted by molar-refractivity contribution is 4.95. The van der Waals surface area contributed by atoms with E-state index in [4.69, 9.17) is 0 Å². The summed E-state index contributed by atoms with van der Waals surface area (Å²) in [5, 5.41) is 10.9. The van der Waals surface area contributed by atoms with E-state index in [0.717, 1.165) is 19.3 Å². The van der Waals surface area contributed by atoms with E-state index < -0.39 is 0 Å². The lowest BCUT2D eigenvalue weighted by atomic mass is 9.62. The first-order chi connectivity index (χ1) is 7.26. The molecule has 0 aromatic rings. The molecule has 0 heterocycles. The van der Waals surface area contributed by atoms with Crippen molar-refractivity contribution in [1.82, 2.24) is 0 Å². The Hall–Kier alpha value is -0.0400. The second kappa shape index (κ2) is 5.08. The number of hydrogen-bond donors (Lipinski definition) is 1. The summed E-state index contributed by atoms with van der Waals surface area (Å²) in [7, 11) is 0. The third kappa shape index (κ3) is 3.48. The maximum absolute atomic E-state index is 10.9. The molecule has 0 saturated heterocycles. The van der Waals surface area contributed by atoms with E-state index in [-0.39, 0.29) is 11.0 Å². The van der Waals surface area contributed by atoms with Gasteiger partial charge in [0.15, 0.2) is 0 Å². The van der Waals surface area contributed by atoms with Gasteiger partial charge in [-0.2, -0.15) is 0 Å². The predicted octanol–water partition coefficient (Wildman–Crippen LogP) is 4.39. The smallest absolute Gasteiger partial charge is 0.0680 e. The Morgan fingerprint density at radius 1 is 1.25 bits per heavy atom. The van der Waals surface area contributed by atoms with Crippen LogP contribution in [-0.2, 0) is 0 Å². The molecule has 96 valence electrons. The fourth-order valence-corrected chi connectivity index (χ4v) is 3.30. The van der Waals surface area contributed by atoms with E-state index in [1.54, 1.807) is 0 Å². The van der Waals surface area contributed by atoms with Crippen molar-refractivity contribution >= 4 is 0 Å². The van der Waals surface area contributed by atoms with Gasteiger partial charge in [0.05, 0.1) is 5.60 Å². The van der Waals surface area contributed by atoms with Gasteiger partial charge in [-0.3, -0.25) is 0 Å². The minimum atomic E-state index is -0.388. The van der Waals surface area contributed by atoms with Crippen LogP contribution >= 0.6 is 0 Å². The predicted molar refractivity (Wildman–Crippen MR) is 70.4 cm³/mol. The second-order valence-corrected chi connectivity index (χ2v) is 7.20. The molecule has 1 rings (SSSR count). The van der Waals surface area contributed by atoms with Gasteiger partial charge in [-0.1, -0.05) is 47.5 Å². The van der Waals surface area contributed by atoms with Crippen molar-refractivity contribution in [2.24, 2.45) is 17.3 Å². The molecule has 1 fully saturated rings. The molecule has 0 amide bonds. The van der Waals surface area contributed by atoms with Crippen LogP contribution in [0.4, 0.5) is 0 Å². The van der Waals surface area contributed by atoms with Crippen LogP contribution in [0.5, 0.6) is 0 Å². The van der Waals surface area contributed by atoms with Gasteiger partial charge in [0.25, 0.3) is 0 Å². The third-order valence-electron chi connectivity index (χ3n) is 4.20. The highest BCUT2D eigenvalue weighted by Crippen LogP contribution is 2.46. The molecule has 1 aliphatic rings. The molecule has 0 radical (unpaired) electrons. The Kier molecular flexibility index (Phi) is 4.45. The Morgan fingerprint density at radius 2 is 1.88 bits per heavy atom. The van der Waals surface area contributed by atoms with Gasteiger partial charge in [0.2, 0.25) is 0 Å². The fraction of sp³-hybridized carbons (Fsp3) is 1.00. The minimum Gasteiger partial charge on any atom is -0.390 e. The lowest BCUT2D eigenvalue weighted by Gasteiger charge is -2.47. The van der Waals surface area contributed by atoms with Crippen LogP contribution in [-0.4, -0.2) is 10.7 Å². The van der Waals surface area contributed by atoms with Crippen LogP contribution in [0.1, 0.15) is 73.1 Å². The molecule has 1 aliphatic carbocycles. The average molecular weight is 226 g/mol. The number of hydrogen-bond acceptors (Lipinski definition) is 1. The normalized spacial score (nSPS) is 32.1. The van der Waals surface area contributed by atoms with Crippen molar-refractivity contribution in [3.05, 3.63) is 0 Å². The Bertz CT molecular complexity index is 214. The van der Waals surface area contributed by atoms with Gasteiger partial charge in [-0.25, -0.2) is 0 Å². The fourth-order valence-electron chi connectivity index (χ4n) is 3.30. The monoisotopic (exact) mass is 226 g/mol. The van der Waals surface area contributed by atoms with E-state index in [1.165, 1.54) is 19.3 Å². The molecule has 1 nitrogen and oxygen atoms in total. The van der Waals surface area contributed by atoms with Crippen LogP contribution in [0.25, 0.3) is 0 Å². The molecule has 1 N–H and O–H groups in total. The summed E-state index contributed by atoms with van der Waals surface area (Å²) in [6.45, 7) is 11.3. The van der Waals surface area contributed by atoms with Crippen LogP contribution in [0.15, 0.2) is 0 Å². The van der Waals surface area contributed by atoms with Crippen molar-refractivity contribution in [2.45, 2.75) is 78.7 Å². The van der Waals surface area contributed by atoms with Gasteiger partial charge >= 0.3 is 0 Å². The summed E-state index contributed by atoms with van der Waals surface area (Å²) in [4.78, 5) is 0. The average Bonchev–Trinajstić information content (AvgIpc) is 2.14. The van der Waals surface area contributed by atoms with Crippen LogP contribution in [0.2, 0.25) is 0 Å². The first kappa shape index (κ1) is 14.0. The van der Waals surface area contributed by atoms with E-state index in [0.29, 0.717) is 11.8 Å². The molecular formula is C15H30O. The van der Waals surface area contributed by atoms with Crippen molar-refractivity contribution in [2.75, 3.05) is 0 Å². The minimum absolute atomic E-state index is 0.242. The van der Waals surface area contributed by atoms with Crippen molar-refractivity contribution < 1.29 is 5.11 Å². The summed E-state index contributed by atoms with van der Waals surface area (Å²) in [6.07, 6.45) is 6.88. The maximum Gasteiger partial charge on any atom is 0.0680 e. The molecule has 0 aromatic carbocycles. The zero-order valence-corrected chi connectivity index (χ0v) is 11.8. The summed E-state index contributed by atoms with van der Waals surface area (Å²) in [5.41, 5.74) is -0.146. The molecule has 16 heavy (non-hydrogen) atoms. The summed E-state index contributed by atoms with van der Waals surface area (Å²) >= 11 is 0. The topological polar surface area (TPSA) is 20.2 Å². The molecule has 1 saturated carbocycles. The van der Waals surface area contributed by atoms with E-state index in [9.17, 15) is 5.11 Å². The zero-order chi connectivity index (χ0) is 12.4. The van der Waals surface area contributed by atoms with E-state index in [1.807, 2.05) is 0 Å². The summed E-state index contributed by atoms with van der Waals surface area (Å²) in [6, 6.07) is 0. The molecule has 2 atom stereocenters. The molecule has 1 heteroatoms. The van der Waals surface area contributed by atoms with Gasteiger partial charge in [-0.05, 0) is 42.9 Å². The Morgan fingerprint density at radius 3 is 2.38 bits per heavy atom. The zero-order valence-electron chi connectivity index (χ0n) is 11.8. The molecule has 0 aliphatic heterocycles. The summed E-state index contributed by atoms with van der Waals surface area (Å²) < 4.78 is 0. The molecule has 0 aromatic heterocycles. The number of aliphatic hydroxyl groups is 1. The second-order valence-electron chi connectivity index (χ2n) is 7.20. The Balaban J connectivity index is 2.71. The van der Waals surface area contributed by atoms with E-state index in [2.05, 4.69) is 34.6 Å². The molecular weight excluding hydrogens is 196 g/mol. The highest BCUT2D eigenvalue weighted by Gasteiger charge is 2.44. The van der Waals surface area contributed by atoms with Gasteiger partial charge in [0, 0.05) is 0 Å². The number of rotatable bonds is 3. The lowest BCUT2D eigenvalue weighted by Crippen LogP contribution is -2.47. The molecule has 2 unspecified atom stereocenters. The van der Waals surface area contributed by atoms with Crippen LogP contribution in [0, 0.1) is 17.3 Å². The quantitative estimate of drug-likeness (QED) is 0.756. The van der Waals surface area contributed by atoms with Gasteiger partial charge in [0.1, 0.15) is 0 Å². The highest BCUT2D eigenvalue weighted by atomic mass is 16.3. The van der Waals surface area contributed by atoms with Gasteiger partial charge in [-0.15, -0.1) is 0 Å². The van der Waals surface area contributed by atoms with Crippen molar-refractivity contribution in [3.63, 3.8) is 0 Å². The molecule has 0 bridgehead atoms. The SMILES string of the molecule is CC(C)CCC1(O)CCCCC1C(C)(C)C. The maximum atomic E-state index is 10.9. The molecule has 0 spiro atoms. The standard InChI is InChI=1S/C15H30O/c1-12(2)9-11-15(16)10-7-6-8-13(15)14(3,4)5/h12-13,16H,6-11H2,1-5H3. The third-order valence-corrected chi connectivity index (χ3v) is 4.20. The lowest BCUT2D eigenvalue weighted by molar-refractivity contribution is -0.0973. The first-order valence-electron chi connectivity index (χ1n) is 6.98. The summed E-state index contributed by atoms with van der Waals surface area (Å²) in [5.74, 6) is 1.18. The Labute approximate surface area is 102 Å². The van der Waals surface area contributed by atoms with Crippen LogP contribution < -0.4 is 0 Å².